The molecule has 0 atom stereocenters. The standard InChI is InChI=1S/C17H17BrN2O/c1-21-16-6-5-15(18)9-14(16)11-20-8-7-12-3-2-4-13(10-19)17(12)20/h2-9H,10-11,19H2,1H3. The third-order valence-corrected chi connectivity index (χ3v) is 4.17. The minimum Gasteiger partial charge on any atom is -0.496 e. The van der Waals surface area contributed by atoms with Gasteiger partial charge in [0.2, 0.25) is 0 Å². The van der Waals surface area contributed by atoms with Crippen molar-refractivity contribution in [2.75, 3.05) is 7.11 Å². The summed E-state index contributed by atoms with van der Waals surface area (Å²) < 4.78 is 8.73. The van der Waals surface area contributed by atoms with Gasteiger partial charge in [0.25, 0.3) is 0 Å². The predicted molar refractivity (Wildman–Crippen MR) is 89.6 cm³/mol. The first kappa shape index (κ1) is 14.2. The van der Waals surface area contributed by atoms with E-state index in [1.54, 1.807) is 7.11 Å². The summed E-state index contributed by atoms with van der Waals surface area (Å²) in [6.45, 7) is 1.29. The van der Waals surface area contributed by atoms with E-state index in [0.717, 1.165) is 27.9 Å². The van der Waals surface area contributed by atoms with E-state index in [4.69, 9.17) is 10.5 Å². The van der Waals surface area contributed by atoms with E-state index in [2.05, 4.69) is 57.0 Å². The van der Waals surface area contributed by atoms with E-state index in [-0.39, 0.29) is 0 Å². The zero-order valence-corrected chi connectivity index (χ0v) is 13.4. The lowest BCUT2D eigenvalue weighted by molar-refractivity contribution is 0.408. The second-order valence-corrected chi connectivity index (χ2v) is 5.87. The van der Waals surface area contributed by atoms with Crippen LogP contribution in [0, 0.1) is 0 Å². The lowest BCUT2D eigenvalue weighted by atomic mass is 10.1. The van der Waals surface area contributed by atoms with Crippen LogP contribution in [0.3, 0.4) is 0 Å². The fourth-order valence-corrected chi connectivity index (χ4v) is 3.10. The van der Waals surface area contributed by atoms with Crippen LogP contribution in [0.25, 0.3) is 10.9 Å². The van der Waals surface area contributed by atoms with Crippen molar-refractivity contribution in [3.63, 3.8) is 0 Å². The number of benzene rings is 2. The number of hydrogen-bond acceptors (Lipinski definition) is 2. The molecule has 0 unspecified atom stereocenters. The molecule has 3 aromatic rings. The number of fused-ring (bicyclic) bond motifs is 1. The van der Waals surface area contributed by atoms with Crippen molar-refractivity contribution >= 4 is 26.8 Å². The van der Waals surface area contributed by atoms with Crippen molar-refractivity contribution in [3.8, 4) is 5.75 Å². The maximum atomic E-state index is 5.87. The Hall–Kier alpha value is -1.78. The van der Waals surface area contributed by atoms with Gasteiger partial charge in [0.1, 0.15) is 5.75 Å². The van der Waals surface area contributed by atoms with Crippen molar-refractivity contribution in [1.29, 1.82) is 0 Å². The summed E-state index contributed by atoms with van der Waals surface area (Å²) in [7, 11) is 1.70. The molecular weight excluding hydrogens is 328 g/mol. The Balaban J connectivity index is 2.08. The first-order valence-electron chi connectivity index (χ1n) is 6.82. The highest BCUT2D eigenvalue weighted by Gasteiger charge is 2.09. The smallest absolute Gasteiger partial charge is 0.123 e. The lowest BCUT2D eigenvalue weighted by Gasteiger charge is -2.12. The Bertz CT molecular complexity index is 780. The molecule has 1 aromatic heterocycles. The van der Waals surface area contributed by atoms with Gasteiger partial charge in [-0.2, -0.15) is 0 Å². The molecule has 0 saturated carbocycles. The van der Waals surface area contributed by atoms with Gasteiger partial charge in [-0.15, -0.1) is 0 Å². The molecular formula is C17H17BrN2O. The summed E-state index contributed by atoms with van der Waals surface area (Å²) in [5.41, 5.74) is 9.36. The van der Waals surface area contributed by atoms with Crippen molar-refractivity contribution in [2.45, 2.75) is 13.1 Å². The Kier molecular flexibility index (Phi) is 3.99. The highest BCUT2D eigenvalue weighted by molar-refractivity contribution is 9.10. The maximum absolute atomic E-state index is 5.87. The van der Waals surface area contributed by atoms with Crippen molar-refractivity contribution in [2.24, 2.45) is 5.73 Å². The van der Waals surface area contributed by atoms with Gasteiger partial charge in [0.15, 0.2) is 0 Å². The topological polar surface area (TPSA) is 40.2 Å². The Morgan fingerprint density at radius 3 is 2.76 bits per heavy atom. The molecule has 3 nitrogen and oxygen atoms in total. The summed E-state index contributed by atoms with van der Waals surface area (Å²) in [4.78, 5) is 0. The first-order valence-corrected chi connectivity index (χ1v) is 7.61. The van der Waals surface area contributed by atoms with E-state index in [1.165, 1.54) is 10.9 Å². The molecule has 108 valence electrons. The minimum atomic E-state index is 0.539. The molecule has 0 aliphatic carbocycles. The number of halogens is 1. The fourth-order valence-electron chi connectivity index (χ4n) is 2.69. The van der Waals surface area contributed by atoms with Crippen molar-refractivity contribution in [3.05, 3.63) is 64.3 Å². The largest absolute Gasteiger partial charge is 0.496 e. The van der Waals surface area contributed by atoms with Crippen LogP contribution in [0.5, 0.6) is 5.75 Å². The number of aromatic nitrogens is 1. The monoisotopic (exact) mass is 344 g/mol. The van der Waals surface area contributed by atoms with Gasteiger partial charge in [0, 0.05) is 22.8 Å². The summed E-state index contributed by atoms with van der Waals surface area (Å²) in [5.74, 6) is 0.894. The molecule has 0 fully saturated rings. The molecule has 0 spiro atoms. The molecule has 4 heteroatoms. The quantitative estimate of drug-likeness (QED) is 0.779. The third-order valence-electron chi connectivity index (χ3n) is 3.68. The number of hydrogen-bond donors (Lipinski definition) is 1. The molecule has 0 amide bonds. The van der Waals surface area contributed by atoms with Gasteiger partial charge in [0.05, 0.1) is 19.2 Å². The first-order chi connectivity index (χ1) is 10.2. The highest BCUT2D eigenvalue weighted by atomic mass is 79.9. The Morgan fingerprint density at radius 1 is 1.14 bits per heavy atom. The summed E-state index contributed by atoms with van der Waals surface area (Å²) in [6, 6.07) is 14.4. The van der Waals surface area contributed by atoms with Gasteiger partial charge in [-0.25, -0.2) is 0 Å². The van der Waals surface area contributed by atoms with Crippen LogP contribution in [-0.4, -0.2) is 11.7 Å². The van der Waals surface area contributed by atoms with Crippen LogP contribution >= 0.6 is 15.9 Å². The molecule has 1 heterocycles. The Labute approximate surface area is 132 Å². The maximum Gasteiger partial charge on any atom is 0.123 e. The molecule has 3 rings (SSSR count). The zero-order chi connectivity index (χ0) is 14.8. The van der Waals surface area contributed by atoms with Gasteiger partial charge >= 0.3 is 0 Å². The van der Waals surface area contributed by atoms with Gasteiger partial charge in [-0.05, 0) is 35.2 Å². The van der Waals surface area contributed by atoms with Crippen LogP contribution in [0.15, 0.2) is 53.1 Å². The SMILES string of the molecule is COc1ccc(Br)cc1Cn1ccc2cccc(CN)c21. The van der Waals surface area contributed by atoms with E-state index < -0.39 is 0 Å². The second-order valence-electron chi connectivity index (χ2n) is 4.96. The lowest BCUT2D eigenvalue weighted by Crippen LogP contribution is -2.04. The number of nitrogens with two attached hydrogens (primary N) is 1. The van der Waals surface area contributed by atoms with Crippen molar-refractivity contribution in [1.82, 2.24) is 4.57 Å². The van der Waals surface area contributed by atoms with Gasteiger partial charge < -0.3 is 15.0 Å². The fraction of sp³-hybridized carbons (Fsp3) is 0.176. The van der Waals surface area contributed by atoms with Crippen LogP contribution in [0.1, 0.15) is 11.1 Å². The zero-order valence-electron chi connectivity index (χ0n) is 11.8. The van der Waals surface area contributed by atoms with Gasteiger partial charge in [-0.1, -0.05) is 34.1 Å². The summed E-state index contributed by atoms with van der Waals surface area (Å²) in [6.07, 6.45) is 2.10. The molecule has 0 saturated heterocycles. The summed E-state index contributed by atoms with van der Waals surface area (Å²) >= 11 is 3.52. The van der Waals surface area contributed by atoms with Crippen LogP contribution in [-0.2, 0) is 13.1 Å². The highest BCUT2D eigenvalue weighted by Crippen LogP contribution is 2.27. The Morgan fingerprint density at radius 2 is 2.00 bits per heavy atom. The van der Waals surface area contributed by atoms with E-state index in [0.29, 0.717) is 6.54 Å². The third kappa shape index (κ3) is 2.69. The van der Waals surface area contributed by atoms with Crippen LogP contribution in [0.2, 0.25) is 0 Å². The molecule has 2 aromatic carbocycles. The molecule has 2 N–H and O–H groups in total. The summed E-state index contributed by atoms with van der Waals surface area (Å²) in [5, 5.41) is 1.21. The average molecular weight is 345 g/mol. The number of ether oxygens (including phenoxy) is 1. The van der Waals surface area contributed by atoms with Crippen molar-refractivity contribution < 1.29 is 4.74 Å². The second kappa shape index (κ2) is 5.92. The molecule has 0 bridgehead atoms. The molecule has 0 aliphatic heterocycles. The predicted octanol–water partition coefficient (Wildman–Crippen LogP) is 3.92. The van der Waals surface area contributed by atoms with Gasteiger partial charge in [-0.3, -0.25) is 0 Å². The van der Waals surface area contributed by atoms with E-state index in [1.807, 2.05) is 12.1 Å². The number of nitrogens with zero attached hydrogens (tertiary/aromatic N) is 1. The molecule has 21 heavy (non-hydrogen) atoms. The number of rotatable bonds is 4. The minimum absolute atomic E-state index is 0.539. The normalized spacial score (nSPS) is 11.0. The van der Waals surface area contributed by atoms with E-state index >= 15 is 0 Å². The van der Waals surface area contributed by atoms with E-state index in [9.17, 15) is 0 Å². The van der Waals surface area contributed by atoms with Crippen LogP contribution < -0.4 is 10.5 Å². The number of methoxy groups -OCH3 is 1. The number of para-hydroxylation sites is 1. The average Bonchev–Trinajstić information content (AvgIpc) is 2.91. The molecule has 0 aliphatic rings. The molecule has 0 radical (unpaired) electrons. The van der Waals surface area contributed by atoms with Crippen LogP contribution in [0.4, 0.5) is 0 Å².